The first-order valence-corrected chi connectivity index (χ1v) is 9.33. The summed E-state index contributed by atoms with van der Waals surface area (Å²) in [6.45, 7) is 5.89. The molecule has 0 unspecified atom stereocenters. The third-order valence-corrected chi connectivity index (χ3v) is 4.24. The fourth-order valence-corrected chi connectivity index (χ4v) is 2.49. The molecule has 28 heavy (non-hydrogen) atoms. The molecule has 1 heteroatoms. The number of hydrogen-bond donors (Lipinski definition) is 0. The van der Waals surface area contributed by atoms with Gasteiger partial charge in [0.05, 0.1) is 0 Å². The summed E-state index contributed by atoms with van der Waals surface area (Å²) >= 11 is 0. The van der Waals surface area contributed by atoms with Crippen LogP contribution in [-0.2, 0) is 0 Å². The van der Waals surface area contributed by atoms with Gasteiger partial charge in [-0.05, 0) is 57.2 Å². The maximum atomic E-state index is 3.22. The van der Waals surface area contributed by atoms with Crippen LogP contribution in [0.1, 0.15) is 33.4 Å². The highest BCUT2D eigenvalue weighted by Gasteiger charge is 2.03. The van der Waals surface area contributed by atoms with Crippen LogP contribution in [0.15, 0.2) is 72.8 Å². The molecule has 0 saturated heterocycles. The topological polar surface area (TPSA) is 0 Å². The van der Waals surface area contributed by atoms with Gasteiger partial charge < -0.3 is 0 Å². The largest absolute Gasteiger partial charge is 0.396 e. The Bertz CT molecular complexity index is 965. The van der Waals surface area contributed by atoms with Gasteiger partial charge in [0.2, 0.25) is 0 Å². The minimum Gasteiger partial charge on any atom is -0.115 e. The number of hydrogen-bond acceptors (Lipinski definition) is 0. The normalized spacial score (nSPS) is 9.11. The van der Waals surface area contributed by atoms with Gasteiger partial charge in [-0.15, -0.1) is 17.5 Å². The minimum atomic E-state index is -0.316. The van der Waals surface area contributed by atoms with Crippen molar-refractivity contribution >= 4 is 6.71 Å². The second kappa shape index (κ2) is 9.37. The Hall–Kier alpha value is -3.60. The van der Waals surface area contributed by atoms with Gasteiger partial charge in [-0.3, -0.25) is 0 Å². The van der Waals surface area contributed by atoms with Crippen LogP contribution in [0.5, 0.6) is 0 Å². The molecule has 0 radical (unpaired) electrons. The zero-order valence-electron chi connectivity index (χ0n) is 16.5. The van der Waals surface area contributed by atoms with Crippen molar-refractivity contribution in [1.29, 1.82) is 0 Å². The van der Waals surface area contributed by atoms with Crippen molar-refractivity contribution in [3.8, 4) is 35.2 Å². The molecule has 0 aromatic heterocycles. The predicted molar refractivity (Wildman–Crippen MR) is 120 cm³/mol. The van der Waals surface area contributed by atoms with Gasteiger partial charge in [0.1, 0.15) is 0 Å². The summed E-state index contributed by atoms with van der Waals surface area (Å²) in [6, 6.07) is 24.6. The zero-order valence-corrected chi connectivity index (χ0v) is 16.5. The third kappa shape index (κ3) is 5.99. The molecular formula is C27H21B. The summed E-state index contributed by atoms with van der Waals surface area (Å²) in [5.41, 5.74) is 6.60. The van der Waals surface area contributed by atoms with Crippen LogP contribution in [0.2, 0.25) is 0 Å². The lowest BCUT2D eigenvalue weighted by atomic mass is 9.52. The minimum absolute atomic E-state index is 0.316. The first kappa shape index (κ1) is 19.2. The average Bonchev–Trinajstić information content (AvgIpc) is 2.71. The molecule has 3 aromatic carbocycles. The van der Waals surface area contributed by atoms with E-state index in [2.05, 4.69) is 92.4 Å². The Labute approximate surface area is 169 Å². The molecule has 0 atom stereocenters. The molecule has 0 aliphatic heterocycles. The number of benzene rings is 3. The molecule has 132 valence electrons. The monoisotopic (exact) mass is 356 g/mol. The van der Waals surface area contributed by atoms with Crippen molar-refractivity contribution in [2.75, 3.05) is 0 Å². The van der Waals surface area contributed by atoms with Crippen LogP contribution in [0.4, 0.5) is 0 Å². The van der Waals surface area contributed by atoms with Crippen LogP contribution in [0.25, 0.3) is 0 Å². The Kier molecular flexibility index (Phi) is 6.42. The van der Waals surface area contributed by atoms with Gasteiger partial charge >= 0.3 is 6.71 Å². The van der Waals surface area contributed by atoms with Gasteiger partial charge in [0.15, 0.2) is 0 Å². The van der Waals surface area contributed by atoms with Crippen LogP contribution in [-0.4, -0.2) is 6.71 Å². The molecule has 0 bridgehead atoms. The molecule has 0 aliphatic rings. The third-order valence-electron chi connectivity index (χ3n) is 4.24. The molecule has 0 N–H and O–H groups in total. The standard InChI is InChI=1S/C27H21B/c1-22-4-10-25(11-5-22)16-19-28(20-17-26-12-6-23(2)7-13-26)21-18-27-14-8-24(3)9-15-27/h4-15H,1-3H3. The molecule has 0 spiro atoms. The van der Waals surface area contributed by atoms with E-state index in [1.165, 1.54) is 16.7 Å². The lowest BCUT2D eigenvalue weighted by Crippen LogP contribution is -2.05. The molecule has 0 amide bonds. The van der Waals surface area contributed by atoms with Crippen molar-refractivity contribution in [3.05, 3.63) is 106 Å². The molecular weight excluding hydrogens is 335 g/mol. The average molecular weight is 356 g/mol. The first-order chi connectivity index (χ1) is 13.6. The second-order valence-electron chi connectivity index (χ2n) is 6.84. The highest BCUT2D eigenvalue weighted by molar-refractivity contribution is 6.82. The maximum Gasteiger partial charge on any atom is 0.396 e. The van der Waals surface area contributed by atoms with Crippen molar-refractivity contribution < 1.29 is 0 Å². The van der Waals surface area contributed by atoms with Crippen LogP contribution >= 0.6 is 0 Å². The zero-order chi connectivity index (χ0) is 19.8. The van der Waals surface area contributed by atoms with E-state index in [0.717, 1.165) is 16.7 Å². The molecule has 0 saturated carbocycles. The SMILES string of the molecule is Cc1ccc(C#CB(C#Cc2ccc(C)cc2)C#Cc2ccc(C)cc2)cc1. The molecule has 0 aliphatic carbocycles. The highest BCUT2D eigenvalue weighted by Crippen LogP contribution is 2.03. The summed E-state index contributed by atoms with van der Waals surface area (Å²) in [4.78, 5) is 0. The molecule has 3 rings (SSSR count). The predicted octanol–water partition coefficient (Wildman–Crippen LogP) is 5.18. The Morgan fingerprint density at radius 1 is 0.429 bits per heavy atom. The van der Waals surface area contributed by atoms with Crippen LogP contribution in [0.3, 0.4) is 0 Å². The van der Waals surface area contributed by atoms with E-state index in [9.17, 15) is 0 Å². The number of aryl methyl sites for hydroxylation is 3. The van der Waals surface area contributed by atoms with Crippen molar-refractivity contribution in [2.24, 2.45) is 0 Å². The van der Waals surface area contributed by atoms with E-state index >= 15 is 0 Å². The molecule has 0 nitrogen and oxygen atoms in total. The number of rotatable bonds is 0. The van der Waals surface area contributed by atoms with E-state index in [1.54, 1.807) is 0 Å². The molecule has 0 fully saturated rings. The van der Waals surface area contributed by atoms with E-state index in [0.29, 0.717) is 0 Å². The summed E-state index contributed by atoms with van der Waals surface area (Å²) in [5.74, 6) is 19.3. The fraction of sp³-hybridized carbons (Fsp3) is 0.111. The summed E-state index contributed by atoms with van der Waals surface area (Å²) < 4.78 is 0. The fourth-order valence-electron chi connectivity index (χ4n) is 2.49. The summed E-state index contributed by atoms with van der Waals surface area (Å²) in [5, 5.41) is 0. The smallest absolute Gasteiger partial charge is 0.115 e. The van der Waals surface area contributed by atoms with Crippen LogP contribution < -0.4 is 0 Å². The van der Waals surface area contributed by atoms with E-state index in [1.807, 2.05) is 36.4 Å². The van der Waals surface area contributed by atoms with Gasteiger partial charge in [-0.2, -0.15) is 0 Å². The summed E-state index contributed by atoms with van der Waals surface area (Å²) in [7, 11) is 0. The van der Waals surface area contributed by atoms with Gasteiger partial charge in [0.25, 0.3) is 0 Å². The Morgan fingerprint density at radius 2 is 0.679 bits per heavy atom. The maximum absolute atomic E-state index is 3.22. The molecule has 0 heterocycles. The van der Waals surface area contributed by atoms with Crippen molar-refractivity contribution in [1.82, 2.24) is 0 Å². The van der Waals surface area contributed by atoms with Crippen LogP contribution in [0, 0.1) is 56.0 Å². The van der Waals surface area contributed by atoms with E-state index in [-0.39, 0.29) is 6.71 Å². The van der Waals surface area contributed by atoms with Gasteiger partial charge in [-0.25, -0.2) is 0 Å². The second-order valence-corrected chi connectivity index (χ2v) is 6.84. The Balaban J connectivity index is 1.89. The van der Waals surface area contributed by atoms with Gasteiger partial charge in [0, 0.05) is 16.7 Å². The van der Waals surface area contributed by atoms with E-state index in [4.69, 9.17) is 0 Å². The lowest BCUT2D eigenvalue weighted by Gasteiger charge is -1.94. The first-order valence-electron chi connectivity index (χ1n) is 9.33. The Morgan fingerprint density at radius 3 is 0.929 bits per heavy atom. The highest BCUT2D eigenvalue weighted by atomic mass is 13.9. The van der Waals surface area contributed by atoms with Gasteiger partial charge in [-0.1, -0.05) is 70.8 Å². The summed E-state index contributed by atoms with van der Waals surface area (Å²) in [6.07, 6.45) is 0. The van der Waals surface area contributed by atoms with Crippen molar-refractivity contribution in [2.45, 2.75) is 20.8 Å². The van der Waals surface area contributed by atoms with E-state index < -0.39 is 0 Å². The van der Waals surface area contributed by atoms with Crippen molar-refractivity contribution in [3.63, 3.8) is 0 Å². The quantitative estimate of drug-likeness (QED) is 0.385. The lowest BCUT2D eigenvalue weighted by molar-refractivity contribution is 1.46. The molecule has 3 aromatic rings.